The molecule has 0 aliphatic heterocycles. The van der Waals surface area contributed by atoms with E-state index in [1.807, 2.05) is 30.3 Å². The molecule has 172 valence electrons. The summed E-state index contributed by atoms with van der Waals surface area (Å²) in [5, 5.41) is 3.72. The molecule has 3 rings (SSSR count). The highest BCUT2D eigenvalue weighted by atomic mass is 35.5. The SMILES string of the molecule is C[C@H](NC(=O)OC(C)(C)C)C(=O)N(C)[C@H]1CC[C@@H](c2ccc(Cl)c(Cl)c2)c2ccccc21. The first-order chi connectivity index (χ1) is 15.0. The molecule has 0 saturated carbocycles. The number of carbonyl (C=O) groups is 2. The summed E-state index contributed by atoms with van der Waals surface area (Å²) in [6, 6.07) is 13.2. The lowest BCUT2D eigenvalue weighted by atomic mass is 9.76. The van der Waals surface area contributed by atoms with Gasteiger partial charge in [0.25, 0.3) is 0 Å². The van der Waals surface area contributed by atoms with Crippen molar-refractivity contribution in [3.05, 3.63) is 69.2 Å². The molecule has 2 aromatic rings. The Hall–Kier alpha value is -2.24. The molecule has 0 aromatic heterocycles. The summed E-state index contributed by atoms with van der Waals surface area (Å²) >= 11 is 12.4. The van der Waals surface area contributed by atoms with Gasteiger partial charge in [0.1, 0.15) is 11.6 Å². The van der Waals surface area contributed by atoms with E-state index in [2.05, 4.69) is 17.4 Å². The van der Waals surface area contributed by atoms with E-state index < -0.39 is 17.7 Å². The maximum Gasteiger partial charge on any atom is 0.408 e. The smallest absolute Gasteiger partial charge is 0.408 e. The van der Waals surface area contributed by atoms with Crippen molar-refractivity contribution in [3.8, 4) is 0 Å². The average molecular weight is 477 g/mol. The van der Waals surface area contributed by atoms with Crippen LogP contribution in [0.5, 0.6) is 0 Å². The standard InChI is InChI=1S/C25H30Cl2N2O3/c1-15(28-24(31)32-25(2,3)4)23(30)29(5)22-13-11-17(18-8-6-7-9-19(18)22)16-10-12-20(26)21(27)14-16/h6-10,12,14-15,17,22H,11,13H2,1-5H3,(H,28,31)/t15-,17-,22-/m0/s1. The van der Waals surface area contributed by atoms with Crippen LogP contribution in [0.4, 0.5) is 4.79 Å². The molecule has 1 aliphatic rings. The summed E-state index contributed by atoms with van der Waals surface area (Å²) in [6.45, 7) is 7.04. The van der Waals surface area contributed by atoms with Crippen molar-refractivity contribution in [2.24, 2.45) is 0 Å². The first-order valence-corrected chi connectivity index (χ1v) is 11.5. The van der Waals surface area contributed by atoms with Crippen LogP contribution in [0.2, 0.25) is 10.0 Å². The predicted octanol–water partition coefficient (Wildman–Crippen LogP) is 6.33. The van der Waals surface area contributed by atoms with Crippen molar-refractivity contribution < 1.29 is 14.3 Å². The molecule has 1 aliphatic carbocycles. The van der Waals surface area contributed by atoms with E-state index in [1.165, 1.54) is 5.56 Å². The molecule has 32 heavy (non-hydrogen) atoms. The van der Waals surface area contributed by atoms with Gasteiger partial charge in [0.15, 0.2) is 0 Å². The van der Waals surface area contributed by atoms with Gasteiger partial charge in [-0.15, -0.1) is 0 Å². The van der Waals surface area contributed by atoms with Crippen molar-refractivity contribution in [3.63, 3.8) is 0 Å². The van der Waals surface area contributed by atoms with Gasteiger partial charge >= 0.3 is 6.09 Å². The molecule has 5 nitrogen and oxygen atoms in total. The predicted molar refractivity (Wildman–Crippen MR) is 128 cm³/mol. The monoisotopic (exact) mass is 476 g/mol. The number of likely N-dealkylation sites (N-methyl/N-ethyl adjacent to an activating group) is 1. The number of hydrogen-bond acceptors (Lipinski definition) is 3. The van der Waals surface area contributed by atoms with Gasteiger partial charge in [-0.2, -0.15) is 0 Å². The number of amides is 2. The largest absolute Gasteiger partial charge is 0.444 e. The first kappa shape index (κ1) is 24.4. The summed E-state index contributed by atoms with van der Waals surface area (Å²) < 4.78 is 5.28. The van der Waals surface area contributed by atoms with Crippen molar-refractivity contribution in [2.75, 3.05) is 7.05 Å². The quantitative estimate of drug-likeness (QED) is 0.560. The maximum atomic E-state index is 13.1. The molecule has 0 saturated heterocycles. The molecule has 2 amide bonds. The van der Waals surface area contributed by atoms with Gasteiger partial charge in [-0.25, -0.2) is 4.79 Å². The molecule has 1 N–H and O–H groups in total. The fourth-order valence-corrected chi connectivity index (χ4v) is 4.56. The number of carbonyl (C=O) groups excluding carboxylic acids is 2. The zero-order valence-corrected chi connectivity index (χ0v) is 20.6. The minimum Gasteiger partial charge on any atom is -0.444 e. The summed E-state index contributed by atoms with van der Waals surface area (Å²) in [6.07, 6.45) is 1.06. The number of benzene rings is 2. The fraction of sp³-hybridized carbons (Fsp3) is 0.440. The molecular weight excluding hydrogens is 447 g/mol. The van der Waals surface area contributed by atoms with Crippen molar-refractivity contribution in [1.82, 2.24) is 10.2 Å². The lowest BCUT2D eigenvalue weighted by Gasteiger charge is -2.38. The highest BCUT2D eigenvalue weighted by Crippen LogP contribution is 2.44. The number of nitrogens with zero attached hydrogens (tertiary/aromatic N) is 1. The number of fused-ring (bicyclic) bond motifs is 1. The van der Waals surface area contributed by atoms with E-state index >= 15 is 0 Å². The van der Waals surface area contributed by atoms with Crippen LogP contribution in [0, 0.1) is 0 Å². The highest BCUT2D eigenvalue weighted by Gasteiger charge is 2.34. The summed E-state index contributed by atoms with van der Waals surface area (Å²) in [4.78, 5) is 26.9. The van der Waals surface area contributed by atoms with Crippen LogP contribution in [0.3, 0.4) is 0 Å². The molecule has 0 spiro atoms. The Labute approximate surface area is 200 Å². The van der Waals surface area contributed by atoms with E-state index in [0.717, 1.165) is 24.0 Å². The topological polar surface area (TPSA) is 58.6 Å². The summed E-state index contributed by atoms with van der Waals surface area (Å²) in [5.74, 6) is 0.0154. The summed E-state index contributed by atoms with van der Waals surface area (Å²) in [7, 11) is 1.79. The van der Waals surface area contributed by atoms with E-state index in [9.17, 15) is 9.59 Å². The maximum absolute atomic E-state index is 13.1. The average Bonchev–Trinajstić information content (AvgIpc) is 2.72. The summed E-state index contributed by atoms with van der Waals surface area (Å²) in [5.41, 5.74) is 2.77. The minimum absolute atomic E-state index is 0.0828. The second-order valence-corrected chi connectivity index (χ2v) is 10.1. The molecular formula is C25H30Cl2N2O3. The first-order valence-electron chi connectivity index (χ1n) is 10.8. The van der Waals surface area contributed by atoms with Gasteiger partial charge in [-0.1, -0.05) is 53.5 Å². The Balaban J connectivity index is 1.80. The van der Waals surface area contributed by atoms with E-state index in [4.69, 9.17) is 27.9 Å². The van der Waals surface area contributed by atoms with Gasteiger partial charge in [-0.3, -0.25) is 4.79 Å². The second kappa shape index (κ2) is 9.72. The third-order valence-corrected chi connectivity index (χ3v) is 6.46. The van der Waals surface area contributed by atoms with Crippen molar-refractivity contribution >= 4 is 35.2 Å². The number of hydrogen-bond donors (Lipinski definition) is 1. The fourth-order valence-electron chi connectivity index (χ4n) is 4.25. The Morgan fingerprint density at radius 3 is 2.34 bits per heavy atom. The molecule has 2 aromatic carbocycles. The van der Waals surface area contributed by atoms with Gasteiger partial charge in [-0.05, 0) is 69.4 Å². The second-order valence-electron chi connectivity index (χ2n) is 9.27. The molecule has 0 heterocycles. The Morgan fingerprint density at radius 2 is 1.72 bits per heavy atom. The van der Waals surface area contributed by atoms with Crippen LogP contribution in [-0.2, 0) is 9.53 Å². The minimum atomic E-state index is -0.699. The van der Waals surface area contributed by atoms with Crippen molar-refractivity contribution in [1.29, 1.82) is 0 Å². The normalized spacial score (nSPS) is 19.0. The van der Waals surface area contributed by atoms with Crippen LogP contribution < -0.4 is 5.32 Å². The third kappa shape index (κ3) is 5.57. The molecule has 0 unspecified atom stereocenters. The Morgan fingerprint density at radius 1 is 1.06 bits per heavy atom. The van der Waals surface area contributed by atoms with Gasteiger partial charge in [0.2, 0.25) is 5.91 Å². The van der Waals surface area contributed by atoms with Gasteiger partial charge in [0.05, 0.1) is 16.1 Å². The number of halogens is 2. The Bertz CT molecular complexity index is 1000. The third-order valence-electron chi connectivity index (χ3n) is 5.72. The lowest BCUT2D eigenvalue weighted by Crippen LogP contribution is -2.48. The number of rotatable bonds is 4. The molecule has 3 atom stereocenters. The van der Waals surface area contributed by atoms with Crippen LogP contribution in [0.25, 0.3) is 0 Å². The number of nitrogens with one attached hydrogen (secondary N) is 1. The van der Waals surface area contributed by atoms with Crippen LogP contribution in [-0.4, -0.2) is 35.6 Å². The highest BCUT2D eigenvalue weighted by molar-refractivity contribution is 6.42. The molecule has 0 bridgehead atoms. The van der Waals surface area contributed by atoms with Crippen LogP contribution in [0.1, 0.15) is 69.2 Å². The van der Waals surface area contributed by atoms with Gasteiger partial charge < -0.3 is 15.0 Å². The van der Waals surface area contributed by atoms with E-state index in [-0.39, 0.29) is 17.9 Å². The zero-order chi connectivity index (χ0) is 23.6. The van der Waals surface area contributed by atoms with Crippen LogP contribution >= 0.6 is 23.2 Å². The number of alkyl carbamates (subject to hydrolysis) is 1. The zero-order valence-electron chi connectivity index (χ0n) is 19.1. The lowest BCUT2D eigenvalue weighted by molar-refractivity contribution is -0.134. The van der Waals surface area contributed by atoms with Crippen LogP contribution in [0.15, 0.2) is 42.5 Å². The molecule has 0 fully saturated rings. The van der Waals surface area contributed by atoms with E-state index in [0.29, 0.717) is 10.0 Å². The number of ether oxygens (including phenoxy) is 1. The van der Waals surface area contributed by atoms with Crippen molar-refractivity contribution in [2.45, 2.75) is 64.1 Å². The molecule has 7 heteroatoms. The van der Waals surface area contributed by atoms with Gasteiger partial charge in [0, 0.05) is 13.0 Å². The van der Waals surface area contributed by atoms with E-state index in [1.54, 1.807) is 39.6 Å². The molecule has 0 radical (unpaired) electrons. The Kier molecular flexibility index (Phi) is 7.41.